The molecule has 0 saturated carbocycles. The summed E-state index contributed by atoms with van der Waals surface area (Å²) in [6, 6.07) is 4.12. The van der Waals surface area contributed by atoms with Crippen LogP contribution < -0.4 is 47.4 Å². The van der Waals surface area contributed by atoms with E-state index in [0.717, 1.165) is 209 Å². The molecular weight excluding hydrogens is 1470 g/mol. The highest BCUT2D eigenvalue weighted by Crippen LogP contribution is 2.23. The number of hydrogen-bond acceptors (Lipinski definition) is 22. The van der Waals surface area contributed by atoms with E-state index in [1.165, 1.54) is 17.7 Å². The van der Waals surface area contributed by atoms with Gasteiger partial charge in [-0.1, -0.05) is 46.1 Å². The summed E-state index contributed by atoms with van der Waals surface area (Å²) in [6.45, 7) is 31.0. The number of halogens is 8. The van der Waals surface area contributed by atoms with Crippen molar-refractivity contribution in [1.29, 1.82) is 5.26 Å². The summed E-state index contributed by atoms with van der Waals surface area (Å²) in [4.78, 5) is 101. The number of piperazine rings is 4. The maximum Gasteiger partial charge on any atom is 0.376 e. The standard InChI is InChI=1S/C17H21N9OS.C10H21BN4O2.C9H18N4O.C5H9BN2O.C5H9ClN2O.C5H10N2O2.CHCl3.CH2Cl2.Cl2OS/c18-10-13-11-20-16(28-13)23-14-9-15(22-12-21-14)25-6-3-24(4-7-25)5-8-26-2-1-19-17(26)27;1-11(17)15-8-5-13(6-9-15)4-7-14-3-2-12-10(14)16;14-9-11-3-6-13(9)8-7-12-4-1-10-2-5-12;6-5(9)8-3-1-7-2-4-8;6-1-3-8-4-2-7-5(8)9;8-4-3-7-2-1-6-5(7)9;2-1(3)4;2-1-3;1-4(2)3/h9,11-12H,1-8H2,(H,19,27)(H,20,21,22,23);17H,2-9H2,1H3,(H,12,16);10H,1-8H2,(H,11,14);7H,1-4H2;1-4H2,(H,7,9);8H,1-4H2,(H,6,9);1H;1H2;. The van der Waals surface area contributed by atoms with E-state index < -0.39 is 13.5 Å². The third-order valence-electron chi connectivity index (χ3n) is 15.3. The van der Waals surface area contributed by atoms with Gasteiger partial charge in [0.05, 0.1) is 18.1 Å². The summed E-state index contributed by atoms with van der Waals surface area (Å²) in [5, 5.41) is 50.9. The van der Waals surface area contributed by atoms with Crippen LogP contribution >= 0.6 is 102 Å². The summed E-state index contributed by atoms with van der Waals surface area (Å²) in [5.74, 6) is 1.74. The molecule has 2 aromatic rings. The van der Waals surface area contributed by atoms with Crippen molar-refractivity contribution in [3.63, 3.8) is 0 Å². The molecule has 0 bridgehead atoms. The first-order chi connectivity index (χ1) is 46.6. The monoisotopic (exact) mass is 1560 g/mol. The third kappa shape index (κ3) is 37.9. The highest BCUT2D eigenvalue weighted by molar-refractivity contribution is 8.26. The molecule has 32 nitrogen and oxygen atoms in total. The second-order valence-electron chi connectivity index (χ2n) is 21.6. The molecule has 0 atom stereocenters. The van der Waals surface area contributed by atoms with Gasteiger partial charge in [0.1, 0.15) is 28.9 Å². The number of nitrogens with zero attached hydrogens (tertiary/aromatic N) is 15. The zero-order chi connectivity index (χ0) is 71.3. The fraction of sp³-hybridized carbons (Fsp3) is 0.736. The van der Waals surface area contributed by atoms with Gasteiger partial charge < -0.3 is 91.8 Å². The molecule has 10 N–H and O–H groups in total. The number of amides is 11. The number of rotatable bonds is 17. The molecule has 11 rings (SSSR count). The zero-order valence-corrected chi connectivity index (χ0v) is 62.1. The van der Waals surface area contributed by atoms with Crippen LogP contribution in [0, 0.1) is 11.3 Å². The van der Waals surface area contributed by atoms with E-state index in [2.05, 4.69) is 109 Å². The number of β-amino-alcohol motifs (C(OH)–C–C–N with tert-alkyl or cyclic N) is 1. The molecular formula is C53H91B2Cl8N23O9S2. The normalized spacial score (nSPS) is 18.7. The third-order valence-corrected chi connectivity index (χ3v) is 16.3. The van der Waals surface area contributed by atoms with Gasteiger partial charge in [-0.25, -0.2) is 43.1 Å². The number of urea groups is 5. The average molecular weight is 1560 g/mol. The van der Waals surface area contributed by atoms with Crippen molar-refractivity contribution in [2.45, 2.75) is 11.1 Å². The Morgan fingerprint density at radius 3 is 1.34 bits per heavy atom. The molecule has 2 radical (unpaired) electrons. The second-order valence-corrected chi connectivity index (χ2v) is 28.3. The Morgan fingerprint density at radius 1 is 0.619 bits per heavy atom. The first-order valence-corrected chi connectivity index (χ1v) is 38.0. The van der Waals surface area contributed by atoms with Gasteiger partial charge in [-0.05, 0) is 6.82 Å². The van der Waals surface area contributed by atoms with Crippen LogP contribution in [0.25, 0.3) is 0 Å². The van der Waals surface area contributed by atoms with E-state index in [-0.39, 0.29) is 55.0 Å². The molecule has 0 aliphatic carbocycles. The Labute approximate surface area is 615 Å². The Kier molecular flexibility index (Phi) is 46.7. The lowest BCUT2D eigenvalue weighted by atomic mass is 9.84. The second kappa shape index (κ2) is 52.0. The first kappa shape index (κ1) is 87.1. The zero-order valence-electron chi connectivity index (χ0n) is 54.4. The van der Waals surface area contributed by atoms with E-state index in [1.807, 2.05) is 27.6 Å². The first-order valence-electron chi connectivity index (χ1n) is 31.5. The number of aliphatic hydroxyl groups excluding tert-OH is 1. The van der Waals surface area contributed by atoms with E-state index in [4.69, 9.17) is 92.0 Å². The predicted octanol–water partition coefficient (Wildman–Crippen LogP) is 1.24. The van der Waals surface area contributed by atoms with Crippen molar-refractivity contribution in [3.8, 4) is 6.07 Å². The van der Waals surface area contributed by atoms with Crippen LogP contribution in [0.3, 0.4) is 0 Å². The minimum absolute atomic E-state index is 0.00986. The molecule has 11 heterocycles. The largest absolute Gasteiger partial charge is 0.437 e. The topological polar surface area (TPSA) is 354 Å². The predicted molar refractivity (Wildman–Crippen MR) is 388 cm³/mol. The summed E-state index contributed by atoms with van der Waals surface area (Å²) < 4.78 is 8.34. The fourth-order valence-corrected chi connectivity index (χ4v) is 10.9. The van der Waals surface area contributed by atoms with Gasteiger partial charge in [-0.2, -0.15) is 5.26 Å². The number of carbonyl (C=O) groups excluding carboxylic acids is 6. The summed E-state index contributed by atoms with van der Waals surface area (Å²) >= 11 is 30.7. The lowest BCUT2D eigenvalue weighted by Gasteiger charge is -2.36. The Morgan fingerprint density at radius 2 is 1.00 bits per heavy atom. The van der Waals surface area contributed by atoms with Crippen molar-refractivity contribution in [2.24, 2.45) is 0 Å². The number of aromatic nitrogens is 3. The van der Waals surface area contributed by atoms with Crippen LogP contribution in [0.4, 0.5) is 45.5 Å². The van der Waals surface area contributed by atoms with Crippen LogP contribution in [-0.2, 0) is 9.23 Å². The van der Waals surface area contributed by atoms with E-state index in [0.29, 0.717) is 41.3 Å². The smallest absolute Gasteiger partial charge is 0.376 e. The average Bonchev–Trinajstić information content (AvgIpc) is 2.39. The lowest BCUT2D eigenvalue weighted by molar-refractivity contribution is 0.159. The molecule has 11 amide bonds. The van der Waals surface area contributed by atoms with Gasteiger partial charge >= 0.3 is 37.2 Å². The van der Waals surface area contributed by atoms with Crippen LogP contribution in [0.1, 0.15) is 4.88 Å². The maximum absolute atomic E-state index is 11.6. The molecule has 9 aliphatic rings. The molecule has 9 fully saturated rings. The number of nitriles is 1. The lowest BCUT2D eigenvalue weighted by Crippen LogP contribution is -2.52. The van der Waals surface area contributed by atoms with Gasteiger partial charge in [-0.15, -0.1) is 34.8 Å². The molecule has 9 saturated heterocycles. The van der Waals surface area contributed by atoms with Gasteiger partial charge in [0.15, 0.2) is 15.2 Å². The molecule has 546 valence electrons. The number of carbonyl (C=O) groups is 6. The van der Waals surface area contributed by atoms with E-state index >= 15 is 0 Å². The van der Waals surface area contributed by atoms with Crippen molar-refractivity contribution in [1.82, 2.24) is 101 Å². The van der Waals surface area contributed by atoms with Crippen LogP contribution in [0.5, 0.6) is 0 Å². The summed E-state index contributed by atoms with van der Waals surface area (Å²) in [7, 11) is 12.0. The minimum Gasteiger partial charge on any atom is -0.437 e. The van der Waals surface area contributed by atoms with Crippen molar-refractivity contribution in [3.05, 3.63) is 23.5 Å². The molecule has 0 spiro atoms. The van der Waals surface area contributed by atoms with Crippen LogP contribution in [0.2, 0.25) is 6.82 Å². The van der Waals surface area contributed by atoms with Crippen LogP contribution in [-0.4, -0.2) is 374 Å². The Bertz CT molecular complexity index is 2610. The number of aliphatic hydroxyl groups is 1. The summed E-state index contributed by atoms with van der Waals surface area (Å²) in [6.07, 6.45) is 3.08. The molecule has 2 aromatic heterocycles. The molecule has 0 aromatic carbocycles. The van der Waals surface area contributed by atoms with Crippen molar-refractivity contribution in [2.75, 3.05) is 251 Å². The van der Waals surface area contributed by atoms with Crippen LogP contribution in [0.15, 0.2) is 18.6 Å². The van der Waals surface area contributed by atoms with Crippen molar-refractivity contribution < 1.29 is 43.1 Å². The highest BCUT2D eigenvalue weighted by Gasteiger charge is 2.27. The number of anilines is 3. The Hall–Kier alpha value is -4.10. The maximum atomic E-state index is 11.6. The molecule has 44 heteroatoms. The number of alkyl halides is 6. The van der Waals surface area contributed by atoms with Gasteiger partial charge in [0.2, 0.25) is 17.1 Å². The van der Waals surface area contributed by atoms with E-state index in [1.54, 1.807) is 20.9 Å². The quantitative estimate of drug-likeness (QED) is 0.0605. The SMILES string of the molecule is CB(O)N1CCN(CCN2CCNC2=O)CC1.ClC(Cl)Cl.ClCCl.N#Cc1cnc(Nc2cc(N3CCN(CCN4CCNC4=O)CC3)ncn2)s1.O=C1NCCN1CCCl.O=C1NCCN1CCN1CCNCC1.O=C1NCCN1CCO.O=S(Cl)Cl.[B]C(=O)N1CCNCC1. The minimum atomic E-state index is -1.67. The van der Waals surface area contributed by atoms with E-state index in [9.17, 15) is 33.8 Å². The van der Waals surface area contributed by atoms with Gasteiger partial charge in [0, 0.05) is 256 Å². The molecule has 9 aliphatic heterocycles. The van der Waals surface area contributed by atoms with Gasteiger partial charge in [-0.3, -0.25) is 19.5 Å². The number of hydrogen-bond donors (Lipinski definition) is 10. The number of thiazole rings is 1. The van der Waals surface area contributed by atoms with Crippen molar-refractivity contribution >= 4 is 179 Å². The molecule has 0 unspecified atom stereocenters. The summed E-state index contributed by atoms with van der Waals surface area (Å²) in [5.41, 5.74) is 0. The highest BCUT2D eigenvalue weighted by atomic mass is 36.0. The fourth-order valence-electron chi connectivity index (χ4n) is 10.1. The van der Waals surface area contributed by atoms with Gasteiger partial charge in [0.25, 0.3) is 0 Å². The number of nitrogens with one attached hydrogen (secondary N) is 8. The Balaban J connectivity index is 0.000000309. The molecule has 97 heavy (non-hydrogen) atoms.